The second kappa shape index (κ2) is 9.60. The van der Waals surface area contributed by atoms with Crippen LogP contribution in [0.1, 0.15) is 27.7 Å². The molecule has 3 aromatic carbocycles. The van der Waals surface area contributed by atoms with Gasteiger partial charge < -0.3 is 5.32 Å². The topological polar surface area (TPSA) is 12.0 Å². The van der Waals surface area contributed by atoms with Crippen molar-refractivity contribution in [2.24, 2.45) is 0 Å². The SMILES string of the molecule is CC.CC.c1ccc(Nc2ccc3ccccc3c2)cc1. The van der Waals surface area contributed by atoms with Gasteiger partial charge in [0.05, 0.1) is 0 Å². The van der Waals surface area contributed by atoms with Crippen molar-refractivity contribution in [3.63, 3.8) is 0 Å². The molecule has 3 rings (SSSR count). The van der Waals surface area contributed by atoms with E-state index in [0.717, 1.165) is 11.4 Å². The van der Waals surface area contributed by atoms with Crippen molar-refractivity contribution in [3.05, 3.63) is 72.8 Å². The molecule has 0 saturated heterocycles. The zero-order valence-corrected chi connectivity index (χ0v) is 13.4. The summed E-state index contributed by atoms with van der Waals surface area (Å²) >= 11 is 0. The quantitative estimate of drug-likeness (QED) is 0.554. The molecule has 1 N–H and O–H groups in total. The smallest absolute Gasteiger partial charge is 0.0390 e. The third-order valence-electron chi connectivity index (χ3n) is 2.81. The zero-order valence-electron chi connectivity index (χ0n) is 13.4. The van der Waals surface area contributed by atoms with Gasteiger partial charge in [0.15, 0.2) is 0 Å². The molecule has 0 bridgehead atoms. The molecule has 3 aromatic rings. The van der Waals surface area contributed by atoms with Crippen LogP contribution in [0.4, 0.5) is 11.4 Å². The van der Waals surface area contributed by atoms with E-state index in [1.807, 2.05) is 45.9 Å². The van der Waals surface area contributed by atoms with E-state index in [0.29, 0.717) is 0 Å². The summed E-state index contributed by atoms with van der Waals surface area (Å²) in [6.45, 7) is 8.00. The Morgan fingerprint density at radius 3 is 1.76 bits per heavy atom. The summed E-state index contributed by atoms with van der Waals surface area (Å²) in [6.07, 6.45) is 0. The molecule has 1 nitrogen and oxygen atoms in total. The summed E-state index contributed by atoms with van der Waals surface area (Å²) < 4.78 is 0. The first-order valence-corrected chi connectivity index (χ1v) is 7.73. The highest BCUT2D eigenvalue weighted by Crippen LogP contribution is 2.21. The predicted octanol–water partition coefficient (Wildman–Crippen LogP) is 6.64. The maximum absolute atomic E-state index is 3.40. The van der Waals surface area contributed by atoms with Crippen LogP contribution in [0.25, 0.3) is 10.8 Å². The van der Waals surface area contributed by atoms with Crippen molar-refractivity contribution in [3.8, 4) is 0 Å². The van der Waals surface area contributed by atoms with E-state index in [1.54, 1.807) is 0 Å². The van der Waals surface area contributed by atoms with Crippen molar-refractivity contribution < 1.29 is 0 Å². The van der Waals surface area contributed by atoms with Gasteiger partial charge in [-0.1, -0.05) is 76.2 Å². The van der Waals surface area contributed by atoms with Gasteiger partial charge >= 0.3 is 0 Å². The first kappa shape index (κ1) is 16.8. The molecule has 0 radical (unpaired) electrons. The number of rotatable bonds is 2. The average Bonchev–Trinajstić information content (AvgIpc) is 2.59. The van der Waals surface area contributed by atoms with Crippen LogP contribution in [0.15, 0.2) is 72.8 Å². The molecule has 0 heterocycles. The Morgan fingerprint density at radius 2 is 1.10 bits per heavy atom. The third kappa shape index (κ3) is 4.96. The first-order chi connectivity index (χ1) is 10.4. The molecule has 0 amide bonds. The number of anilines is 2. The molecular weight excluding hydrogens is 254 g/mol. The number of para-hydroxylation sites is 1. The molecule has 21 heavy (non-hydrogen) atoms. The largest absolute Gasteiger partial charge is 0.356 e. The van der Waals surface area contributed by atoms with Crippen molar-refractivity contribution in [1.29, 1.82) is 0 Å². The normalized spacial score (nSPS) is 8.95. The van der Waals surface area contributed by atoms with Crippen molar-refractivity contribution in [2.45, 2.75) is 27.7 Å². The summed E-state index contributed by atoms with van der Waals surface area (Å²) in [5, 5.41) is 5.92. The van der Waals surface area contributed by atoms with E-state index in [2.05, 4.69) is 59.9 Å². The first-order valence-electron chi connectivity index (χ1n) is 7.73. The molecule has 0 aliphatic carbocycles. The Balaban J connectivity index is 0.000000510. The van der Waals surface area contributed by atoms with Gasteiger partial charge in [-0.05, 0) is 35.0 Å². The standard InChI is InChI=1S/C16H13N.2C2H6/c1-2-8-15(9-3-1)17-16-11-10-13-6-4-5-7-14(13)12-16;2*1-2/h1-12,17H;2*1-2H3. The summed E-state index contributed by atoms with van der Waals surface area (Å²) in [6, 6.07) is 25.0. The molecule has 0 aliphatic rings. The number of hydrogen-bond acceptors (Lipinski definition) is 1. The summed E-state index contributed by atoms with van der Waals surface area (Å²) in [5.74, 6) is 0. The lowest BCUT2D eigenvalue weighted by molar-refractivity contribution is 1.50. The van der Waals surface area contributed by atoms with Crippen LogP contribution in [0.5, 0.6) is 0 Å². The molecular formula is C20H25N. The lowest BCUT2D eigenvalue weighted by Crippen LogP contribution is -1.89. The van der Waals surface area contributed by atoms with E-state index in [4.69, 9.17) is 0 Å². The Kier molecular flexibility index (Phi) is 7.67. The molecule has 0 spiro atoms. The van der Waals surface area contributed by atoms with Gasteiger partial charge in [0.25, 0.3) is 0 Å². The van der Waals surface area contributed by atoms with Crippen LogP contribution < -0.4 is 5.32 Å². The highest BCUT2D eigenvalue weighted by atomic mass is 14.9. The second-order valence-corrected chi connectivity index (χ2v) is 4.05. The van der Waals surface area contributed by atoms with Gasteiger partial charge in [-0.3, -0.25) is 0 Å². The van der Waals surface area contributed by atoms with Gasteiger partial charge in [0.2, 0.25) is 0 Å². The monoisotopic (exact) mass is 279 g/mol. The van der Waals surface area contributed by atoms with E-state index >= 15 is 0 Å². The molecule has 0 unspecified atom stereocenters. The minimum Gasteiger partial charge on any atom is -0.356 e. The van der Waals surface area contributed by atoms with E-state index < -0.39 is 0 Å². The van der Waals surface area contributed by atoms with Gasteiger partial charge in [0.1, 0.15) is 0 Å². The van der Waals surface area contributed by atoms with Gasteiger partial charge in [-0.2, -0.15) is 0 Å². The molecule has 0 saturated carbocycles. The second-order valence-electron chi connectivity index (χ2n) is 4.05. The van der Waals surface area contributed by atoms with Gasteiger partial charge in [-0.15, -0.1) is 0 Å². The summed E-state index contributed by atoms with van der Waals surface area (Å²) in [7, 11) is 0. The van der Waals surface area contributed by atoms with Crippen molar-refractivity contribution in [2.75, 3.05) is 5.32 Å². The van der Waals surface area contributed by atoms with Crippen LogP contribution in [0, 0.1) is 0 Å². The van der Waals surface area contributed by atoms with Crippen LogP contribution in [-0.2, 0) is 0 Å². The van der Waals surface area contributed by atoms with Crippen molar-refractivity contribution in [1.82, 2.24) is 0 Å². The Labute approximate surface area is 128 Å². The van der Waals surface area contributed by atoms with E-state index in [1.165, 1.54) is 10.8 Å². The third-order valence-corrected chi connectivity index (χ3v) is 2.81. The van der Waals surface area contributed by atoms with Crippen LogP contribution in [0.2, 0.25) is 0 Å². The lowest BCUT2D eigenvalue weighted by atomic mass is 10.1. The number of fused-ring (bicyclic) bond motifs is 1. The fourth-order valence-electron chi connectivity index (χ4n) is 1.96. The fraction of sp³-hybridized carbons (Fsp3) is 0.200. The maximum Gasteiger partial charge on any atom is 0.0390 e. The summed E-state index contributed by atoms with van der Waals surface area (Å²) in [4.78, 5) is 0. The fourth-order valence-corrected chi connectivity index (χ4v) is 1.96. The highest BCUT2D eigenvalue weighted by Gasteiger charge is 1.96. The lowest BCUT2D eigenvalue weighted by Gasteiger charge is -2.07. The highest BCUT2D eigenvalue weighted by molar-refractivity contribution is 5.86. The van der Waals surface area contributed by atoms with E-state index in [9.17, 15) is 0 Å². The van der Waals surface area contributed by atoms with E-state index in [-0.39, 0.29) is 0 Å². The Bertz CT molecular complexity index is 629. The molecule has 0 aliphatic heterocycles. The minimum absolute atomic E-state index is 1.11. The number of nitrogens with one attached hydrogen (secondary N) is 1. The van der Waals surface area contributed by atoms with Gasteiger partial charge in [-0.25, -0.2) is 0 Å². The van der Waals surface area contributed by atoms with Crippen molar-refractivity contribution >= 4 is 22.1 Å². The van der Waals surface area contributed by atoms with Crippen LogP contribution in [0.3, 0.4) is 0 Å². The maximum atomic E-state index is 3.40. The number of hydrogen-bond donors (Lipinski definition) is 1. The van der Waals surface area contributed by atoms with Crippen LogP contribution >= 0.6 is 0 Å². The number of benzene rings is 3. The molecule has 0 atom stereocenters. The molecule has 110 valence electrons. The average molecular weight is 279 g/mol. The Hall–Kier alpha value is -2.28. The molecule has 1 heteroatoms. The summed E-state index contributed by atoms with van der Waals surface area (Å²) in [5.41, 5.74) is 2.23. The van der Waals surface area contributed by atoms with Gasteiger partial charge in [0, 0.05) is 11.4 Å². The molecule has 0 fully saturated rings. The minimum atomic E-state index is 1.11. The zero-order chi connectivity index (χ0) is 15.5. The Morgan fingerprint density at radius 1 is 0.524 bits per heavy atom. The predicted molar refractivity (Wildman–Crippen MR) is 96.4 cm³/mol. The van der Waals surface area contributed by atoms with Crippen LogP contribution in [-0.4, -0.2) is 0 Å². The molecule has 0 aromatic heterocycles.